The third-order valence-corrected chi connectivity index (χ3v) is 5.69. The van der Waals surface area contributed by atoms with Gasteiger partial charge in [0, 0.05) is 26.1 Å². The van der Waals surface area contributed by atoms with Crippen molar-refractivity contribution in [3.63, 3.8) is 0 Å². The van der Waals surface area contributed by atoms with E-state index in [2.05, 4.69) is 17.4 Å². The highest BCUT2D eigenvalue weighted by Crippen LogP contribution is 2.25. The van der Waals surface area contributed by atoms with Gasteiger partial charge in [-0.05, 0) is 49.3 Å². The zero-order chi connectivity index (χ0) is 19.8. The van der Waals surface area contributed by atoms with Crippen molar-refractivity contribution in [1.82, 2.24) is 10.2 Å². The first-order chi connectivity index (χ1) is 13.6. The Labute approximate surface area is 171 Å². The van der Waals surface area contributed by atoms with Gasteiger partial charge in [0.2, 0.25) is 5.91 Å². The van der Waals surface area contributed by atoms with Crippen molar-refractivity contribution in [1.29, 1.82) is 0 Å². The van der Waals surface area contributed by atoms with Crippen LogP contribution in [-0.4, -0.2) is 36.3 Å². The van der Waals surface area contributed by atoms with Crippen LogP contribution in [0.1, 0.15) is 41.6 Å². The second-order valence-corrected chi connectivity index (χ2v) is 7.75. The Balaban J connectivity index is 1.34. The van der Waals surface area contributed by atoms with Crippen molar-refractivity contribution in [2.75, 3.05) is 19.6 Å². The molecule has 0 atom stereocenters. The van der Waals surface area contributed by atoms with Gasteiger partial charge in [-0.3, -0.25) is 9.59 Å². The highest BCUT2D eigenvalue weighted by molar-refractivity contribution is 6.33. The number of amides is 2. The zero-order valence-electron chi connectivity index (χ0n) is 16.1. The van der Waals surface area contributed by atoms with Crippen LogP contribution in [0.4, 0.5) is 0 Å². The van der Waals surface area contributed by atoms with E-state index in [1.165, 1.54) is 5.56 Å². The van der Waals surface area contributed by atoms with E-state index in [0.29, 0.717) is 29.5 Å². The average molecular weight is 399 g/mol. The number of carbonyl (C=O) groups is 2. The summed E-state index contributed by atoms with van der Waals surface area (Å²) in [5, 5.41) is 3.51. The van der Waals surface area contributed by atoms with Gasteiger partial charge >= 0.3 is 0 Å². The summed E-state index contributed by atoms with van der Waals surface area (Å²) in [6, 6.07) is 17.4. The molecule has 0 unspecified atom stereocenters. The molecule has 1 aliphatic heterocycles. The third kappa shape index (κ3) is 5.83. The first-order valence-corrected chi connectivity index (χ1v) is 10.4. The summed E-state index contributed by atoms with van der Waals surface area (Å²) < 4.78 is 0. The Hall–Kier alpha value is -2.33. The lowest BCUT2D eigenvalue weighted by atomic mass is 9.91. The quantitative estimate of drug-likeness (QED) is 0.754. The van der Waals surface area contributed by atoms with Gasteiger partial charge in [-0.25, -0.2) is 0 Å². The number of rotatable bonds is 7. The number of benzene rings is 2. The van der Waals surface area contributed by atoms with E-state index in [1.54, 1.807) is 12.1 Å². The molecule has 148 valence electrons. The fourth-order valence-electron chi connectivity index (χ4n) is 3.64. The van der Waals surface area contributed by atoms with Gasteiger partial charge in [0.1, 0.15) is 0 Å². The third-order valence-electron chi connectivity index (χ3n) is 5.36. The van der Waals surface area contributed by atoms with Crippen LogP contribution >= 0.6 is 11.6 Å². The monoisotopic (exact) mass is 398 g/mol. The smallest absolute Gasteiger partial charge is 0.255 e. The summed E-state index contributed by atoms with van der Waals surface area (Å²) in [6.07, 6.45) is 4.17. The Morgan fingerprint density at radius 3 is 2.39 bits per heavy atom. The molecule has 3 rings (SSSR count). The molecule has 28 heavy (non-hydrogen) atoms. The fraction of sp³-hybridized carbons (Fsp3) is 0.391. The molecule has 0 aliphatic carbocycles. The van der Waals surface area contributed by atoms with Crippen LogP contribution in [0.15, 0.2) is 54.6 Å². The predicted molar refractivity (Wildman–Crippen MR) is 112 cm³/mol. The number of nitrogens with zero attached hydrogens (tertiary/aromatic N) is 1. The lowest BCUT2D eigenvalue weighted by Gasteiger charge is -2.32. The van der Waals surface area contributed by atoms with Gasteiger partial charge in [-0.1, -0.05) is 54.1 Å². The largest absolute Gasteiger partial charge is 0.356 e. The molecule has 0 bridgehead atoms. The Morgan fingerprint density at radius 2 is 1.68 bits per heavy atom. The van der Waals surface area contributed by atoms with E-state index in [4.69, 9.17) is 11.6 Å². The number of likely N-dealkylation sites (tertiary alicyclic amines) is 1. The van der Waals surface area contributed by atoms with E-state index >= 15 is 0 Å². The van der Waals surface area contributed by atoms with E-state index in [0.717, 1.165) is 38.8 Å². The van der Waals surface area contributed by atoms with Gasteiger partial charge in [0.15, 0.2) is 0 Å². The Morgan fingerprint density at radius 1 is 1.00 bits per heavy atom. The van der Waals surface area contributed by atoms with E-state index in [9.17, 15) is 9.59 Å². The Kier molecular flexibility index (Phi) is 7.49. The molecular weight excluding hydrogens is 372 g/mol. The predicted octanol–water partition coefficient (Wildman–Crippen LogP) is 4.33. The number of piperidine rings is 1. The molecule has 1 saturated heterocycles. The molecule has 0 aromatic heterocycles. The summed E-state index contributed by atoms with van der Waals surface area (Å²) in [4.78, 5) is 26.6. The minimum atomic E-state index is 0.00250. The van der Waals surface area contributed by atoms with Crippen molar-refractivity contribution in [3.05, 3.63) is 70.7 Å². The highest BCUT2D eigenvalue weighted by atomic mass is 35.5. The maximum absolute atomic E-state index is 12.6. The Bertz CT molecular complexity index is 786. The highest BCUT2D eigenvalue weighted by Gasteiger charge is 2.24. The molecule has 0 radical (unpaired) electrons. The second-order valence-electron chi connectivity index (χ2n) is 7.34. The summed E-state index contributed by atoms with van der Waals surface area (Å²) in [5.41, 5.74) is 1.80. The lowest BCUT2D eigenvalue weighted by Crippen LogP contribution is -2.38. The standard InChI is InChI=1S/C23H27ClN2O2/c24-21-9-5-4-8-20(21)23(28)26-16-13-19(14-17-26)10-11-22(27)25-15-12-18-6-2-1-3-7-18/h1-9,19H,10-17H2,(H,25,27). The van der Waals surface area contributed by atoms with Gasteiger partial charge in [-0.2, -0.15) is 0 Å². The van der Waals surface area contributed by atoms with Crippen LogP contribution in [0.2, 0.25) is 5.02 Å². The second kappa shape index (κ2) is 10.3. The van der Waals surface area contributed by atoms with Crippen molar-refractivity contribution >= 4 is 23.4 Å². The van der Waals surface area contributed by atoms with Gasteiger partial charge in [0.25, 0.3) is 5.91 Å². The van der Waals surface area contributed by atoms with Crippen LogP contribution < -0.4 is 5.32 Å². The zero-order valence-corrected chi connectivity index (χ0v) is 16.8. The molecule has 1 fully saturated rings. The van der Waals surface area contributed by atoms with Crippen molar-refractivity contribution in [2.45, 2.75) is 32.1 Å². The molecule has 0 spiro atoms. The number of hydrogen-bond donors (Lipinski definition) is 1. The van der Waals surface area contributed by atoms with E-state index < -0.39 is 0 Å². The summed E-state index contributed by atoms with van der Waals surface area (Å²) in [7, 11) is 0. The summed E-state index contributed by atoms with van der Waals surface area (Å²) in [6.45, 7) is 2.13. The number of carbonyl (C=O) groups excluding carboxylic acids is 2. The molecule has 2 amide bonds. The molecule has 1 N–H and O–H groups in total. The number of hydrogen-bond acceptors (Lipinski definition) is 2. The van der Waals surface area contributed by atoms with Gasteiger partial charge in [0.05, 0.1) is 10.6 Å². The van der Waals surface area contributed by atoms with E-state index in [-0.39, 0.29) is 11.8 Å². The molecule has 0 saturated carbocycles. The normalized spacial score (nSPS) is 14.7. The van der Waals surface area contributed by atoms with Gasteiger partial charge in [-0.15, -0.1) is 0 Å². The molecule has 2 aromatic carbocycles. The average Bonchev–Trinajstić information content (AvgIpc) is 2.73. The van der Waals surface area contributed by atoms with Crippen molar-refractivity contribution in [3.8, 4) is 0 Å². The number of nitrogens with one attached hydrogen (secondary N) is 1. The topological polar surface area (TPSA) is 49.4 Å². The van der Waals surface area contributed by atoms with E-state index in [1.807, 2.05) is 35.2 Å². The van der Waals surface area contributed by atoms with Crippen LogP contribution in [0.5, 0.6) is 0 Å². The van der Waals surface area contributed by atoms with Crippen LogP contribution in [-0.2, 0) is 11.2 Å². The molecular formula is C23H27ClN2O2. The van der Waals surface area contributed by atoms with Crippen LogP contribution in [0, 0.1) is 5.92 Å². The number of halogens is 1. The molecule has 5 heteroatoms. The minimum Gasteiger partial charge on any atom is -0.356 e. The van der Waals surface area contributed by atoms with Crippen molar-refractivity contribution < 1.29 is 9.59 Å². The first-order valence-electron chi connectivity index (χ1n) is 9.98. The summed E-state index contributed by atoms with van der Waals surface area (Å²) in [5.74, 6) is 0.614. The molecule has 2 aromatic rings. The van der Waals surface area contributed by atoms with Crippen LogP contribution in [0.3, 0.4) is 0 Å². The first kappa shape index (κ1) is 20.4. The lowest BCUT2D eigenvalue weighted by molar-refractivity contribution is -0.121. The van der Waals surface area contributed by atoms with Crippen molar-refractivity contribution in [2.24, 2.45) is 5.92 Å². The molecule has 4 nitrogen and oxygen atoms in total. The summed E-state index contributed by atoms with van der Waals surface area (Å²) >= 11 is 6.14. The van der Waals surface area contributed by atoms with Gasteiger partial charge < -0.3 is 10.2 Å². The maximum Gasteiger partial charge on any atom is 0.255 e. The molecule has 1 aliphatic rings. The SMILES string of the molecule is O=C(CCC1CCN(C(=O)c2ccccc2Cl)CC1)NCCc1ccccc1. The maximum atomic E-state index is 12.6. The minimum absolute atomic E-state index is 0.00250. The fourth-order valence-corrected chi connectivity index (χ4v) is 3.86. The van der Waals surface area contributed by atoms with Crippen LogP contribution in [0.25, 0.3) is 0 Å². The molecule has 1 heterocycles.